The molecule has 0 amide bonds. The molecule has 0 N–H and O–H groups in total. The topological polar surface area (TPSA) is 56.6 Å². The van der Waals surface area contributed by atoms with Gasteiger partial charge in [-0.05, 0) is 32.0 Å². The van der Waals surface area contributed by atoms with Crippen molar-refractivity contribution >= 4 is 31.3 Å². The molecule has 3 rings (SSSR count). The zero-order valence-electron chi connectivity index (χ0n) is 20.8. The van der Waals surface area contributed by atoms with E-state index in [0.717, 1.165) is 6.04 Å². The molecule has 0 radical (unpaired) electrons. The number of hydrogen-bond donors (Lipinski definition) is 0. The molecule has 1 atom stereocenters. The number of alkyl halides is 3. The molecule has 2 aromatic rings. The van der Waals surface area contributed by atoms with Crippen LogP contribution in [0.15, 0.2) is 18.2 Å². The molecule has 1 aromatic heterocycles. The minimum Gasteiger partial charge on any atom is -0.461 e. The van der Waals surface area contributed by atoms with E-state index in [2.05, 4.69) is 24.7 Å². The highest BCUT2D eigenvalue weighted by Crippen LogP contribution is 2.38. The van der Waals surface area contributed by atoms with E-state index < -0.39 is 37.7 Å². The third-order valence-corrected chi connectivity index (χ3v) is 8.13. The Labute approximate surface area is 210 Å². The van der Waals surface area contributed by atoms with Gasteiger partial charge in [0.15, 0.2) is 5.69 Å². The largest absolute Gasteiger partial charge is 0.461 e. The number of rotatable bonds is 10. The first-order chi connectivity index (χ1) is 16.3. The van der Waals surface area contributed by atoms with Crippen LogP contribution in [0.2, 0.25) is 25.7 Å². The summed E-state index contributed by atoms with van der Waals surface area (Å²) in [6.07, 6.45) is -0.268. The molecule has 0 aliphatic carbocycles. The van der Waals surface area contributed by atoms with Gasteiger partial charge in [-0.1, -0.05) is 25.7 Å². The minimum atomic E-state index is -2.79. The van der Waals surface area contributed by atoms with Crippen molar-refractivity contribution < 1.29 is 27.4 Å². The highest BCUT2D eigenvalue weighted by Gasteiger charge is 2.38. The third-order valence-electron chi connectivity index (χ3n) is 5.98. The van der Waals surface area contributed by atoms with E-state index >= 15 is 4.39 Å². The van der Waals surface area contributed by atoms with Crippen molar-refractivity contribution in [3.63, 3.8) is 0 Å². The average molecular weight is 532 g/mol. The fourth-order valence-electron chi connectivity index (χ4n) is 3.90. The van der Waals surface area contributed by atoms with E-state index in [1.165, 1.54) is 21.7 Å². The maximum Gasteiger partial charge on any atom is 0.359 e. The van der Waals surface area contributed by atoms with Crippen LogP contribution < -0.4 is 4.90 Å². The molecule has 194 valence electrons. The number of benzene rings is 1. The van der Waals surface area contributed by atoms with Crippen LogP contribution in [0.1, 0.15) is 46.0 Å². The van der Waals surface area contributed by atoms with E-state index in [1.54, 1.807) is 19.9 Å². The second-order valence-electron chi connectivity index (χ2n) is 10.0. The Bertz CT molecular complexity index is 1060. The van der Waals surface area contributed by atoms with Crippen LogP contribution in [0.25, 0.3) is 0 Å². The van der Waals surface area contributed by atoms with Crippen molar-refractivity contribution in [2.45, 2.75) is 64.0 Å². The number of esters is 1. The van der Waals surface area contributed by atoms with Crippen LogP contribution in [0, 0.1) is 12.7 Å². The van der Waals surface area contributed by atoms with Crippen molar-refractivity contribution in [3.8, 4) is 0 Å². The summed E-state index contributed by atoms with van der Waals surface area (Å²) in [5, 5.41) is 3.32. The number of ether oxygens (including phenoxy) is 2. The molecule has 1 fully saturated rings. The predicted molar refractivity (Wildman–Crippen MR) is 133 cm³/mol. The molecule has 0 spiro atoms. The van der Waals surface area contributed by atoms with Crippen LogP contribution in [0.3, 0.4) is 0 Å². The van der Waals surface area contributed by atoms with Crippen LogP contribution in [0.4, 0.5) is 18.9 Å². The Morgan fingerprint density at radius 1 is 1.31 bits per heavy atom. The van der Waals surface area contributed by atoms with Crippen LogP contribution in [-0.4, -0.2) is 56.0 Å². The number of anilines is 1. The lowest BCUT2D eigenvalue weighted by Gasteiger charge is -2.20. The smallest absolute Gasteiger partial charge is 0.359 e. The summed E-state index contributed by atoms with van der Waals surface area (Å²) in [4.78, 5) is 14.1. The number of carbonyl (C=O) groups is 1. The quantitative estimate of drug-likeness (QED) is 0.163. The summed E-state index contributed by atoms with van der Waals surface area (Å²) in [7, 11) is -1.27. The van der Waals surface area contributed by atoms with E-state index in [4.69, 9.17) is 21.1 Å². The summed E-state index contributed by atoms with van der Waals surface area (Å²) in [6, 6.07) is 5.21. The SMILES string of the molecule is CCOC(=O)c1nn(COCC[Si](C)(C)C)c(C)c1C(Cl)c1ccc(N2CCC(F)(F)C2)cc1F. The van der Waals surface area contributed by atoms with Gasteiger partial charge < -0.3 is 14.4 Å². The van der Waals surface area contributed by atoms with Crippen LogP contribution in [0.5, 0.6) is 0 Å². The standard InChI is InChI=1S/C24H33ClF3N3O3Si/c1-6-34-23(32)22-20(16(2)31(29-22)15-33-11-12-35(3,4)5)21(25)18-8-7-17(13-19(18)26)30-10-9-24(27,28)14-30/h7-8,13,21H,6,9-12,14-15H2,1-5H3. The number of carbonyl (C=O) groups excluding carboxylic acids is 1. The van der Waals surface area contributed by atoms with Gasteiger partial charge in [0.2, 0.25) is 0 Å². The van der Waals surface area contributed by atoms with Gasteiger partial charge in [-0.15, -0.1) is 11.6 Å². The molecule has 1 aliphatic rings. The van der Waals surface area contributed by atoms with Gasteiger partial charge in [0.25, 0.3) is 5.92 Å². The average Bonchev–Trinajstić information content (AvgIpc) is 3.29. The fourth-order valence-corrected chi connectivity index (χ4v) is 5.09. The van der Waals surface area contributed by atoms with Gasteiger partial charge in [-0.25, -0.2) is 22.6 Å². The Balaban J connectivity index is 1.87. The molecule has 0 saturated carbocycles. The summed E-state index contributed by atoms with van der Waals surface area (Å²) in [5.41, 5.74) is 1.37. The number of aromatic nitrogens is 2. The van der Waals surface area contributed by atoms with Crippen molar-refractivity contribution in [1.82, 2.24) is 9.78 Å². The highest BCUT2D eigenvalue weighted by molar-refractivity contribution is 6.76. The van der Waals surface area contributed by atoms with E-state index in [-0.39, 0.29) is 37.6 Å². The molecule has 2 heterocycles. The molecular weight excluding hydrogens is 499 g/mol. The van der Waals surface area contributed by atoms with Crippen molar-refractivity contribution in [2.75, 3.05) is 31.2 Å². The zero-order chi connectivity index (χ0) is 26.0. The first-order valence-corrected chi connectivity index (χ1v) is 15.9. The molecule has 1 unspecified atom stereocenters. The Morgan fingerprint density at radius 3 is 2.60 bits per heavy atom. The fraction of sp³-hybridized carbons (Fsp3) is 0.583. The monoisotopic (exact) mass is 531 g/mol. The maximum absolute atomic E-state index is 15.1. The maximum atomic E-state index is 15.1. The van der Waals surface area contributed by atoms with Gasteiger partial charge in [0.1, 0.15) is 12.5 Å². The Hall–Kier alpha value is -2.04. The summed E-state index contributed by atoms with van der Waals surface area (Å²) < 4.78 is 54.8. The molecule has 1 saturated heterocycles. The third kappa shape index (κ3) is 6.80. The number of nitrogens with zero attached hydrogens (tertiary/aromatic N) is 3. The van der Waals surface area contributed by atoms with Crippen molar-refractivity contribution in [1.29, 1.82) is 0 Å². The number of hydrogen-bond acceptors (Lipinski definition) is 5. The van der Waals surface area contributed by atoms with Crippen LogP contribution >= 0.6 is 11.6 Å². The van der Waals surface area contributed by atoms with Gasteiger partial charge in [0, 0.05) is 50.2 Å². The van der Waals surface area contributed by atoms with Gasteiger partial charge in [0.05, 0.1) is 18.5 Å². The van der Waals surface area contributed by atoms with Gasteiger partial charge >= 0.3 is 5.97 Å². The minimum absolute atomic E-state index is 0.000748. The molecule has 35 heavy (non-hydrogen) atoms. The van der Waals surface area contributed by atoms with Gasteiger partial charge in [-0.3, -0.25) is 0 Å². The first-order valence-electron chi connectivity index (χ1n) is 11.7. The van der Waals surface area contributed by atoms with Crippen molar-refractivity contribution in [2.24, 2.45) is 0 Å². The Kier molecular flexibility index (Phi) is 8.59. The van der Waals surface area contributed by atoms with E-state index in [9.17, 15) is 13.6 Å². The van der Waals surface area contributed by atoms with Crippen molar-refractivity contribution in [3.05, 3.63) is 46.5 Å². The summed E-state index contributed by atoms with van der Waals surface area (Å²) >= 11 is 6.71. The molecule has 0 bridgehead atoms. The normalized spacial score (nSPS) is 16.5. The zero-order valence-corrected chi connectivity index (χ0v) is 22.6. The molecule has 1 aromatic carbocycles. The van der Waals surface area contributed by atoms with E-state index in [1.807, 2.05) is 0 Å². The van der Waals surface area contributed by atoms with E-state index in [0.29, 0.717) is 23.6 Å². The molecule has 6 nitrogen and oxygen atoms in total. The summed E-state index contributed by atoms with van der Waals surface area (Å²) in [6.45, 7) is 10.7. The molecule has 11 heteroatoms. The second-order valence-corrected chi connectivity index (χ2v) is 16.1. The second kappa shape index (κ2) is 10.9. The lowest BCUT2D eigenvalue weighted by molar-refractivity contribution is 0.0257. The lowest BCUT2D eigenvalue weighted by atomic mass is 10.0. The highest BCUT2D eigenvalue weighted by atomic mass is 35.5. The summed E-state index contributed by atoms with van der Waals surface area (Å²) in [5.74, 6) is -4.10. The first kappa shape index (κ1) is 27.5. The predicted octanol–water partition coefficient (Wildman–Crippen LogP) is 5.99. The van der Waals surface area contributed by atoms with Gasteiger partial charge in [-0.2, -0.15) is 5.10 Å². The number of halogens is 4. The Morgan fingerprint density at radius 2 is 2.03 bits per heavy atom. The lowest BCUT2D eigenvalue weighted by Crippen LogP contribution is -2.25. The van der Waals surface area contributed by atoms with Crippen LogP contribution in [-0.2, 0) is 16.2 Å². The molecule has 1 aliphatic heterocycles. The molecular formula is C24H33ClF3N3O3Si.